The predicted octanol–water partition coefficient (Wildman–Crippen LogP) is 2.68. The Morgan fingerprint density at radius 2 is 1.74 bits per heavy atom. The van der Waals surface area contributed by atoms with Gasteiger partial charge in [-0.3, -0.25) is 4.40 Å². The van der Waals surface area contributed by atoms with E-state index in [0.29, 0.717) is 33.8 Å². The molecule has 0 spiro atoms. The van der Waals surface area contributed by atoms with E-state index in [9.17, 15) is 14.6 Å². The van der Waals surface area contributed by atoms with E-state index in [4.69, 9.17) is 0 Å². The van der Waals surface area contributed by atoms with Gasteiger partial charge in [0.1, 0.15) is 23.6 Å². The Hall–Kier alpha value is -4.01. The smallest absolute Gasteiger partial charge is 0.175 e. The van der Waals surface area contributed by atoms with E-state index in [1.54, 1.807) is 33.5 Å². The van der Waals surface area contributed by atoms with E-state index < -0.39 is 0 Å². The molecule has 0 unspecified atom stereocenters. The zero-order valence-electron chi connectivity index (χ0n) is 13.7. The van der Waals surface area contributed by atoms with Gasteiger partial charge in [0.15, 0.2) is 17.1 Å². The second-order valence-corrected chi connectivity index (χ2v) is 5.93. The average Bonchev–Trinajstić information content (AvgIpc) is 3.26. The zero-order chi connectivity index (χ0) is 18.5. The zero-order valence-corrected chi connectivity index (χ0v) is 13.7. The van der Waals surface area contributed by atoms with Crippen molar-refractivity contribution in [3.63, 3.8) is 0 Å². The van der Waals surface area contributed by atoms with Crippen molar-refractivity contribution >= 4 is 16.7 Å². The number of aromatic hydroxyl groups is 2. The molecule has 2 N–H and O–H groups in total. The molecule has 9 heteroatoms. The molecular weight excluding hydrogens is 351 g/mol. The van der Waals surface area contributed by atoms with Crippen LogP contribution in [0.1, 0.15) is 0 Å². The maximum absolute atomic E-state index is 13.2. The number of phenols is 2. The van der Waals surface area contributed by atoms with Gasteiger partial charge in [-0.2, -0.15) is 5.10 Å². The monoisotopic (exact) mass is 362 g/mol. The molecule has 0 aliphatic rings. The number of aromatic nitrogens is 6. The van der Waals surface area contributed by atoms with Gasteiger partial charge in [-0.1, -0.05) is 0 Å². The largest absolute Gasteiger partial charge is 0.508 e. The van der Waals surface area contributed by atoms with Gasteiger partial charge >= 0.3 is 0 Å². The number of fused-ring (bicyclic) bond motifs is 3. The molecule has 0 atom stereocenters. The van der Waals surface area contributed by atoms with Crippen molar-refractivity contribution in [3.8, 4) is 28.6 Å². The minimum absolute atomic E-state index is 0.0499. The summed E-state index contributed by atoms with van der Waals surface area (Å²) < 4.78 is 16.4. The first kappa shape index (κ1) is 15.3. The number of benzene rings is 2. The Morgan fingerprint density at radius 1 is 0.926 bits per heavy atom. The first-order valence-electron chi connectivity index (χ1n) is 7.97. The van der Waals surface area contributed by atoms with Gasteiger partial charge in [0.2, 0.25) is 0 Å². The molecule has 5 rings (SSSR count). The molecule has 0 bridgehead atoms. The summed E-state index contributed by atoms with van der Waals surface area (Å²) in [4.78, 5) is 4.43. The molecule has 0 aliphatic heterocycles. The second kappa shape index (κ2) is 5.49. The number of phenolic OH excluding ortho intramolecular Hbond substituents is 2. The lowest BCUT2D eigenvalue weighted by molar-refractivity contribution is 0.451. The minimum atomic E-state index is -0.332. The molecule has 27 heavy (non-hydrogen) atoms. The Bertz CT molecular complexity index is 1310. The summed E-state index contributed by atoms with van der Waals surface area (Å²) >= 11 is 0. The number of halogens is 1. The predicted molar refractivity (Wildman–Crippen MR) is 94.1 cm³/mol. The van der Waals surface area contributed by atoms with Gasteiger partial charge in [-0.05, 0) is 36.4 Å². The normalized spacial score (nSPS) is 11.4. The summed E-state index contributed by atoms with van der Waals surface area (Å²) in [6.45, 7) is 0. The van der Waals surface area contributed by atoms with Crippen LogP contribution in [0, 0.1) is 5.82 Å². The minimum Gasteiger partial charge on any atom is -0.508 e. The molecule has 0 amide bonds. The van der Waals surface area contributed by atoms with Crippen LogP contribution < -0.4 is 0 Å². The van der Waals surface area contributed by atoms with Crippen LogP contribution in [0.25, 0.3) is 33.8 Å². The Morgan fingerprint density at radius 3 is 2.52 bits per heavy atom. The van der Waals surface area contributed by atoms with Gasteiger partial charge in [0.25, 0.3) is 0 Å². The standard InChI is InChI=1S/C18H11FN6O2/c19-10-1-3-11(4-2-10)25-16-14(8-21-25)18-23-22-17(24(18)9-20-16)13-6-5-12(26)7-15(13)27/h1-9,26-27H. The Balaban J connectivity index is 1.71. The van der Waals surface area contributed by atoms with Crippen LogP contribution in [0.2, 0.25) is 0 Å². The summed E-state index contributed by atoms with van der Waals surface area (Å²) in [5, 5.41) is 32.9. The third kappa shape index (κ3) is 2.29. The third-order valence-corrected chi connectivity index (χ3v) is 4.27. The molecule has 0 aliphatic carbocycles. The van der Waals surface area contributed by atoms with Crippen LogP contribution in [0.15, 0.2) is 55.0 Å². The Kier molecular flexibility index (Phi) is 3.11. The Labute approximate surface area is 150 Å². The molecular formula is C18H11FN6O2. The van der Waals surface area contributed by atoms with E-state index in [1.807, 2.05) is 0 Å². The van der Waals surface area contributed by atoms with Crippen LogP contribution in [0.3, 0.4) is 0 Å². The van der Waals surface area contributed by atoms with E-state index in [2.05, 4.69) is 20.3 Å². The van der Waals surface area contributed by atoms with Gasteiger partial charge < -0.3 is 10.2 Å². The second-order valence-electron chi connectivity index (χ2n) is 5.93. The summed E-state index contributed by atoms with van der Waals surface area (Å²) in [7, 11) is 0. The molecule has 132 valence electrons. The number of hydrogen-bond donors (Lipinski definition) is 2. The van der Waals surface area contributed by atoms with Crippen molar-refractivity contribution in [2.24, 2.45) is 0 Å². The van der Waals surface area contributed by atoms with Crippen LogP contribution in [0.5, 0.6) is 11.5 Å². The van der Waals surface area contributed by atoms with Crippen molar-refractivity contribution in [2.45, 2.75) is 0 Å². The molecule has 0 saturated heterocycles. The first-order chi connectivity index (χ1) is 13.1. The van der Waals surface area contributed by atoms with Gasteiger partial charge in [-0.25, -0.2) is 14.1 Å². The fourth-order valence-corrected chi connectivity index (χ4v) is 2.98. The summed E-state index contributed by atoms with van der Waals surface area (Å²) in [5.74, 6) is -0.120. The lowest BCUT2D eigenvalue weighted by Crippen LogP contribution is -1.99. The first-order valence-corrected chi connectivity index (χ1v) is 7.97. The summed E-state index contributed by atoms with van der Waals surface area (Å²) in [6.07, 6.45) is 3.14. The summed E-state index contributed by atoms with van der Waals surface area (Å²) in [5.41, 5.74) is 2.13. The molecule has 2 aromatic carbocycles. The van der Waals surface area contributed by atoms with Crippen molar-refractivity contribution in [3.05, 3.63) is 60.8 Å². The number of nitrogens with zero attached hydrogens (tertiary/aromatic N) is 6. The summed E-state index contributed by atoms with van der Waals surface area (Å²) in [6, 6.07) is 10.2. The molecule has 8 nitrogen and oxygen atoms in total. The van der Waals surface area contributed by atoms with Crippen molar-refractivity contribution in [1.29, 1.82) is 0 Å². The van der Waals surface area contributed by atoms with Crippen LogP contribution in [0.4, 0.5) is 4.39 Å². The molecule has 3 heterocycles. The SMILES string of the molecule is Oc1ccc(-c2nnc3c4cnn(-c5ccc(F)cc5)c4ncn23)c(O)c1. The van der Waals surface area contributed by atoms with Gasteiger partial charge in [-0.15, -0.1) is 10.2 Å². The fraction of sp³-hybridized carbons (Fsp3) is 0. The average molecular weight is 362 g/mol. The van der Waals surface area contributed by atoms with E-state index in [-0.39, 0.29) is 17.3 Å². The van der Waals surface area contributed by atoms with Crippen LogP contribution >= 0.6 is 0 Å². The highest BCUT2D eigenvalue weighted by Crippen LogP contribution is 2.32. The highest BCUT2D eigenvalue weighted by Gasteiger charge is 2.17. The molecule has 5 aromatic rings. The lowest BCUT2D eigenvalue weighted by Gasteiger charge is -2.05. The fourth-order valence-electron chi connectivity index (χ4n) is 2.98. The van der Waals surface area contributed by atoms with Crippen LogP contribution in [-0.4, -0.2) is 39.6 Å². The third-order valence-electron chi connectivity index (χ3n) is 4.27. The number of rotatable bonds is 2. The van der Waals surface area contributed by atoms with E-state index in [1.165, 1.54) is 30.6 Å². The molecule has 0 saturated carbocycles. The maximum atomic E-state index is 13.2. The van der Waals surface area contributed by atoms with Crippen molar-refractivity contribution < 1.29 is 14.6 Å². The van der Waals surface area contributed by atoms with Gasteiger partial charge in [0.05, 0.1) is 22.8 Å². The molecule has 0 fully saturated rings. The molecule has 0 radical (unpaired) electrons. The van der Waals surface area contributed by atoms with Crippen molar-refractivity contribution in [2.75, 3.05) is 0 Å². The quantitative estimate of drug-likeness (QED) is 0.501. The van der Waals surface area contributed by atoms with E-state index >= 15 is 0 Å². The van der Waals surface area contributed by atoms with E-state index in [0.717, 1.165) is 0 Å². The van der Waals surface area contributed by atoms with Gasteiger partial charge in [0, 0.05) is 6.07 Å². The lowest BCUT2D eigenvalue weighted by atomic mass is 10.2. The highest BCUT2D eigenvalue weighted by atomic mass is 19.1. The topological polar surface area (TPSA) is 101 Å². The number of hydrogen-bond acceptors (Lipinski definition) is 6. The molecule has 3 aromatic heterocycles. The highest BCUT2D eigenvalue weighted by molar-refractivity contribution is 5.90. The maximum Gasteiger partial charge on any atom is 0.175 e. The van der Waals surface area contributed by atoms with Crippen molar-refractivity contribution in [1.82, 2.24) is 29.4 Å². The van der Waals surface area contributed by atoms with Crippen LogP contribution in [-0.2, 0) is 0 Å².